The van der Waals surface area contributed by atoms with Gasteiger partial charge >= 0.3 is 12.1 Å². The fourth-order valence-electron chi connectivity index (χ4n) is 4.93. The summed E-state index contributed by atoms with van der Waals surface area (Å²) in [7, 11) is 1.97. The molecular weight excluding hydrogens is 458 g/mol. The summed E-state index contributed by atoms with van der Waals surface area (Å²) in [4.78, 5) is 40.3. The molecule has 1 aromatic rings. The van der Waals surface area contributed by atoms with Gasteiger partial charge in [0, 0.05) is 31.2 Å². The number of carboxylic acids is 1. The van der Waals surface area contributed by atoms with Gasteiger partial charge in [0.25, 0.3) is 0 Å². The lowest BCUT2D eigenvalue weighted by Crippen LogP contribution is -2.64. The largest absolute Gasteiger partial charge is 0.490 e. The summed E-state index contributed by atoms with van der Waals surface area (Å²) in [5.74, 6) is -2.66. The topological polar surface area (TPSA) is 81.2 Å². The molecule has 1 aromatic carbocycles. The number of alkyl halides is 3. The van der Waals surface area contributed by atoms with E-state index in [1.807, 2.05) is 11.9 Å². The molecule has 3 fully saturated rings. The molecule has 2 heterocycles. The second-order valence-corrected chi connectivity index (χ2v) is 9.19. The van der Waals surface area contributed by atoms with E-state index in [4.69, 9.17) is 9.90 Å². The zero-order valence-corrected chi connectivity index (χ0v) is 19.0. The standard InChI is InChI=1S/C21H28FN3O2.C2HF3O2/c1-23-13-19(26)25(18-9-5-8-17(22)12-18)15-21(23)10-11-24(14-21)20(27)16-6-3-2-4-7-16;3-2(4,5)1(6)7/h5,8-9,12,16H,2-4,6-7,10-11,13-15H2,1H3;(H,6,7). The lowest BCUT2D eigenvalue weighted by molar-refractivity contribution is -0.192. The van der Waals surface area contributed by atoms with Crippen LogP contribution in [0.4, 0.5) is 23.2 Å². The molecule has 1 N–H and O–H groups in total. The van der Waals surface area contributed by atoms with E-state index in [0.717, 1.165) is 38.6 Å². The van der Waals surface area contributed by atoms with Crippen molar-refractivity contribution in [3.63, 3.8) is 0 Å². The summed E-state index contributed by atoms with van der Waals surface area (Å²) in [6, 6.07) is 6.22. The number of likely N-dealkylation sites (N-methyl/N-ethyl adjacent to an activating group) is 1. The van der Waals surface area contributed by atoms with Crippen LogP contribution in [-0.4, -0.2) is 77.6 Å². The maximum absolute atomic E-state index is 13.7. The van der Waals surface area contributed by atoms with Gasteiger partial charge in [-0.05, 0) is 44.5 Å². The Morgan fingerprint density at radius 1 is 1.12 bits per heavy atom. The highest BCUT2D eigenvalue weighted by Crippen LogP contribution is 2.35. The summed E-state index contributed by atoms with van der Waals surface area (Å²) in [5, 5.41) is 7.12. The minimum Gasteiger partial charge on any atom is -0.475 e. The number of benzene rings is 1. The van der Waals surface area contributed by atoms with E-state index < -0.39 is 12.1 Å². The Morgan fingerprint density at radius 3 is 2.35 bits per heavy atom. The summed E-state index contributed by atoms with van der Waals surface area (Å²) in [5.41, 5.74) is 0.356. The number of rotatable bonds is 2. The van der Waals surface area contributed by atoms with Crippen LogP contribution in [0.15, 0.2) is 24.3 Å². The molecule has 1 atom stereocenters. The van der Waals surface area contributed by atoms with Crippen molar-refractivity contribution < 1.29 is 37.1 Å². The molecule has 3 aliphatic rings. The molecule has 34 heavy (non-hydrogen) atoms. The molecule has 2 aliphatic heterocycles. The smallest absolute Gasteiger partial charge is 0.475 e. The molecule has 0 radical (unpaired) electrons. The van der Waals surface area contributed by atoms with Crippen LogP contribution in [0.25, 0.3) is 0 Å². The highest BCUT2D eigenvalue weighted by atomic mass is 19.4. The average Bonchev–Trinajstić information content (AvgIpc) is 3.21. The van der Waals surface area contributed by atoms with Crippen LogP contribution in [-0.2, 0) is 14.4 Å². The van der Waals surface area contributed by atoms with Gasteiger partial charge in [-0.3, -0.25) is 14.5 Å². The molecule has 1 saturated carbocycles. The van der Waals surface area contributed by atoms with Crippen molar-refractivity contribution in [3.8, 4) is 0 Å². The molecule has 11 heteroatoms. The zero-order valence-electron chi connectivity index (χ0n) is 19.0. The number of anilines is 1. The number of piperazine rings is 1. The monoisotopic (exact) mass is 487 g/mol. The summed E-state index contributed by atoms with van der Waals surface area (Å²) in [6.45, 7) is 2.19. The van der Waals surface area contributed by atoms with Crippen molar-refractivity contribution in [2.45, 2.75) is 50.2 Å². The molecule has 4 rings (SSSR count). The Bertz CT molecular complexity index is 920. The molecular formula is C23H29F4N3O4. The van der Waals surface area contributed by atoms with Crippen molar-refractivity contribution in [3.05, 3.63) is 30.1 Å². The molecule has 188 valence electrons. The second kappa shape index (κ2) is 10.3. The zero-order chi connectivity index (χ0) is 25.1. The number of likely N-dealkylation sites (tertiary alicyclic amines) is 1. The fraction of sp³-hybridized carbons (Fsp3) is 0.609. The van der Waals surface area contributed by atoms with Crippen LogP contribution < -0.4 is 4.90 Å². The Hall–Kier alpha value is -2.69. The van der Waals surface area contributed by atoms with Gasteiger partial charge in [0.15, 0.2) is 0 Å². The van der Waals surface area contributed by atoms with Gasteiger partial charge in [0.05, 0.1) is 12.1 Å². The number of amides is 2. The summed E-state index contributed by atoms with van der Waals surface area (Å²) >= 11 is 0. The van der Waals surface area contributed by atoms with Crippen LogP contribution in [0.3, 0.4) is 0 Å². The van der Waals surface area contributed by atoms with Crippen LogP contribution in [0, 0.1) is 11.7 Å². The Labute approximate surface area is 195 Å². The van der Waals surface area contributed by atoms with E-state index >= 15 is 0 Å². The number of halogens is 4. The third-order valence-electron chi connectivity index (χ3n) is 6.90. The highest BCUT2D eigenvalue weighted by Gasteiger charge is 2.49. The first kappa shape index (κ1) is 25.9. The third kappa shape index (κ3) is 5.86. The van der Waals surface area contributed by atoms with Gasteiger partial charge in [-0.1, -0.05) is 25.3 Å². The van der Waals surface area contributed by atoms with Crippen molar-refractivity contribution >= 4 is 23.5 Å². The molecule has 7 nitrogen and oxygen atoms in total. The average molecular weight is 487 g/mol. The lowest BCUT2D eigenvalue weighted by Gasteiger charge is -2.46. The van der Waals surface area contributed by atoms with Gasteiger partial charge in [0.2, 0.25) is 11.8 Å². The summed E-state index contributed by atoms with van der Waals surface area (Å²) < 4.78 is 45.4. The molecule has 0 aromatic heterocycles. The number of carbonyl (C=O) groups excluding carboxylic acids is 2. The minimum atomic E-state index is -5.08. The molecule has 2 saturated heterocycles. The summed E-state index contributed by atoms with van der Waals surface area (Å²) in [6.07, 6.45) is 1.31. The van der Waals surface area contributed by atoms with Crippen LogP contribution in [0.1, 0.15) is 38.5 Å². The van der Waals surface area contributed by atoms with E-state index in [9.17, 15) is 27.2 Å². The quantitative estimate of drug-likeness (QED) is 0.648. The first-order chi connectivity index (χ1) is 15.9. The van der Waals surface area contributed by atoms with E-state index in [0.29, 0.717) is 25.3 Å². The maximum atomic E-state index is 13.7. The molecule has 2 amide bonds. The number of carbonyl (C=O) groups is 3. The SMILES string of the molecule is CN1CC(=O)N(c2cccc(F)c2)CC12CCN(C(=O)C1CCCCC1)C2.O=C(O)C(F)(F)F. The first-order valence-electron chi connectivity index (χ1n) is 11.3. The fourth-order valence-corrected chi connectivity index (χ4v) is 4.93. The lowest BCUT2D eigenvalue weighted by atomic mass is 9.88. The van der Waals surface area contributed by atoms with E-state index in [2.05, 4.69) is 4.90 Å². The first-order valence-corrected chi connectivity index (χ1v) is 11.3. The maximum Gasteiger partial charge on any atom is 0.490 e. The molecule has 1 aliphatic carbocycles. The van der Waals surface area contributed by atoms with Crippen molar-refractivity contribution in [1.82, 2.24) is 9.80 Å². The molecule has 1 spiro atoms. The van der Waals surface area contributed by atoms with Crippen LogP contribution in [0.5, 0.6) is 0 Å². The minimum absolute atomic E-state index is 0.0224. The van der Waals surface area contributed by atoms with Crippen molar-refractivity contribution in [2.24, 2.45) is 5.92 Å². The van der Waals surface area contributed by atoms with Crippen molar-refractivity contribution in [2.75, 3.05) is 38.1 Å². The number of hydrogen-bond donors (Lipinski definition) is 1. The van der Waals surface area contributed by atoms with E-state index in [1.54, 1.807) is 17.0 Å². The van der Waals surface area contributed by atoms with Gasteiger partial charge < -0.3 is 14.9 Å². The van der Waals surface area contributed by atoms with Gasteiger partial charge in [0.1, 0.15) is 5.82 Å². The van der Waals surface area contributed by atoms with Gasteiger partial charge in [-0.15, -0.1) is 0 Å². The molecule has 0 bridgehead atoms. The van der Waals surface area contributed by atoms with E-state index in [-0.39, 0.29) is 29.1 Å². The van der Waals surface area contributed by atoms with E-state index in [1.165, 1.54) is 18.6 Å². The predicted octanol–water partition coefficient (Wildman–Crippen LogP) is 3.29. The Kier molecular flexibility index (Phi) is 7.84. The molecule has 1 unspecified atom stereocenters. The Balaban J connectivity index is 0.000000406. The number of hydrogen-bond acceptors (Lipinski definition) is 4. The van der Waals surface area contributed by atoms with Gasteiger partial charge in [-0.25, -0.2) is 9.18 Å². The Morgan fingerprint density at radius 2 is 1.76 bits per heavy atom. The van der Waals surface area contributed by atoms with Crippen LogP contribution in [0.2, 0.25) is 0 Å². The normalized spacial score (nSPS) is 24.2. The predicted molar refractivity (Wildman–Crippen MR) is 116 cm³/mol. The number of aliphatic carboxylic acids is 1. The number of nitrogens with zero attached hydrogens (tertiary/aromatic N) is 3. The second-order valence-electron chi connectivity index (χ2n) is 9.19. The number of carboxylic acid groups (broad SMARTS) is 1. The highest BCUT2D eigenvalue weighted by molar-refractivity contribution is 5.96. The van der Waals surface area contributed by atoms with Gasteiger partial charge in [-0.2, -0.15) is 13.2 Å². The van der Waals surface area contributed by atoms with Crippen LogP contribution >= 0.6 is 0 Å². The van der Waals surface area contributed by atoms with Crippen molar-refractivity contribution in [1.29, 1.82) is 0 Å². The third-order valence-corrected chi connectivity index (χ3v) is 6.90.